The van der Waals surface area contributed by atoms with Crippen molar-refractivity contribution in [2.24, 2.45) is 0 Å². The lowest BCUT2D eigenvalue weighted by atomic mass is 10.0. The van der Waals surface area contributed by atoms with Crippen LogP contribution in [0.15, 0.2) is 36.4 Å². The highest BCUT2D eigenvalue weighted by Gasteiger charge is 2.38. The summed E-state index contributed by atoms with van der Waals surface area (Å²) in [6.07, 6.45) is -4.08. The first-order valence-corrected chi connectivity index (χ1v) is 18.4. The van der Waals surface area contributed by atoms with Gasteiger partial charge in [-0.25, -0.2) is 9.59 Å². The van der Waals surface area contributed by atoms with Gasteiger partial charge in [-0.15, -0.1) is 0 Å². The third-order valence-electron chi connectivity index (χ3n) is 10.8. The molecule has 13 nitrogen and oxygen atoms in total. The molecule has 3 saturated heterocycles. The summed E-state index contributed by atoms with van der Waals surface area (Å²) >= 11 is 6.11. The lowest BCUT2D eigenvalue weighted by Gasteiger charge is -2.43. The number of aliphatic carboxylic acids is 1. The highest BCUT2D eigenvalue weighted by atomic mass is 35.5. The number of carbonyl (C=O) groups is 4. The molecule has 0 spiro atoms. The summed E-state index contributed by atoms with van der Waals surface area (Å²) in [7, 11) is 0. The Morgan fingerprint density at radius 2 is 1.58 bits per heavy atom. The van der Waals surface area contributed by atoms with Gasteiger partial charge in [0.25, 0.3) is 5.91 Å². The van der Waals surface area contributed by atoms with Crippen LogP contribution in [-0.4, -0.2) is 137 Å². The number of carbonyl (C=O) groups excluding carboxylic acids is 3. The van der Waals surface area contributed by atoms with Crippen molar-refractivity contribution in [1.82, 2.24) is 24.5 Å². The number of benzene rings is 2. The monoisotopic (exact) mass is 763 g/mol. The van der Waals surface area contributed by atoms with Gasteiger partial charge in [0.1, 0.15) is 0 Å². The second-order valence-electron chi connectivity index (χ2n) is 14.1. The number of hydrogen-bond acceptors (Lipinski definition) is 8. The zero-order valence-electron chi connectivity index (χ0n) is 29.3. The molecule has 1 atom stereocenters. The summed E-state index contributed by atoms with van der Waals surface area (Å²) in [4.78, 5) is 60.8. The number of fused-ring (bicyclic) bond motifs is 1. The average Bonchev–Trinajstić information content (AvgIpc) is 3.30. The summed E-state index contributed by atoms with van der Waals surface area (Å²) in [6.45, 7) is 4.11. The molecular weight excluding hydrogens is 719 g/mol. The molecule has 288 valence electrons. The Labute approximate surface area is 310 Å². The first-order valence-electron chi connectivity index (χ1n) is 18.0. The van der Waals surface area contributed by atoms with Gasteiger partial charge < -0.3 is 35.6 Å². The number of likely N-dealkylation sites (tertiary alicyclic amines) is 2. The van der Waals surface area contributed by atoms with Crippen molar-refractivity contribution in [3.63, 3.8) is 0 Å². The number of nitrogens with one attached hydrogen (secondary N) is 1. The van der Waals surface area contributed by atoms with Crippen LogP contribution in [0.5, 0.6) is 0 Å². The number of nitrogens with zero attached hydrogens (tertiary/aromatic N) is 5. The number of urea groups is 1. The molecule has 4 aliphatic heterocycles. The van der Waals surface area contributed by atoms with Gasteiger partial charge in [-0.2, -0.15) is 13.2 Å². The van der Waals surface area contributed by atoms with E-state index in [2.05, 4.69) is 10.2 Å². The first kappa shape index (κ1) is 38.4. The van der Waals surface area contributed by atoms with E-state index in [1.165, 1.54) is 11.0 Å². The fraction of sp³-hybridized carbons (Fsp3) is 0.556. The molecule has 4 aliphatic rings. The predicted molar refractivity (Wildman–Crippen MR) is 191 cm³/mol. The Hall–Kier alpha value is -4.28. The van der Waals surface area contributed by atoms with Crippen LogP contribution in [-0.2, 0) is 33.3 Å². The van der Waals surface area contributed by atoms with E-state index in [9.17, 15) is 32.3 Å². The van der Waals surface area contributed by atoms with Crippen molar-refractivity contribution in [3.05, 3.63) is 58.1 Å². The minimum Gasteiger partial charge on any atom is -0.480 e. The van der Waals surface area contributed by atoms with Gasteiger partial charge in [0.2, 0.25) is 0 Å². The standard InChI is InChI=1S/C36H45ClF3N7O6/c37-28-20-23(19-27(32(28)41)36(38,39)40)21-30(33(50)45-17-15-44(16-18-45)25-6-10-43(11-7-25)22-31(48)49)53-35(52)46-12-8-26(9-13-46)47-14-5-24-3-1-2-4-29(24)42-34(47)51/h1-4,19-20,25-26,30H,5-18,21-22,41H2,(H,42,51)(H,48,49). The number of alkyl halides is 3. The lowest BCUT2D eigenvalue weighted by Crippen LogP contribution is -2.56. The fourth-order valence-corrected chi connectivity index (χ4v) is 8.10. The molecule has 3 fully saturated rings. The normalized spacial score (nSPS) is 20.4. The van der Waals surface area contributed by atoms with Crippen molar-refractivity contribution in [3.8, 4) is 0 Å². The molecule has 0 bridgehead atoms. The van der Waals surface area contributed by atoms with E-state index in [4.69, 9.17) is 27.2 Å². The Morgan fingerprint density at radius 3 is 2.25 bits per heavy atom. The van der Waals surface area contributed by atoms with Gasteiger partial charge in [-0.1, -0.05) is 29.8 Å². The number of piperazine rings is 1. The van der Waals surface area contributed by atoms with E-state index < -0.39 is 41.5 Å². The highest BCUT2D eigenvalue weighted by molar-refractivity contribution is 6.33. The number of nitrogens with two attached hydrogens (primary N) is 1. The topological polar surface area (TPSA) is 152 Å². The van der Waals surface area contributed by atoms with E-state index in [0.717, 1.165) is 30.2 Å². The largest absolute Gasteiger partial charge is 0.480 e. The van der Waals surface area contributed by atoms with Crippen LogP contribution in [0.3, 0.4) is 0 Å². The van der Waals surface area contributed by atoms with Crippen LogP contribution in [0.4, 0.5) is 34.1 Å². The number of rotatable bonds is 8. The van der Waals surface area contributed by atoms with E-state index in [0.29, 0.717) is 65.1 Å². The summed E-state index contributed by atoms with van der Waals surface area (Å²) in [6, 6.07) is 9.64. The summed E-state index contributed by atoms with van der Waals surface area (Å²) in [5, 5.41) is 11.8. The molecule has 2 aromatic carbocycles. The van der Waals surface area contributed by atoms with E-state index >= 15 is 0 Å². The minimum absolute atomic E-state index is 0.00164. The summed E-state index contributed by atoms with van der Waals surface area (Å²) < 4.78 is 47.3. The van der Waals surface area contributed by atoms with Crippen LogP contribution in [0.2, 0.25) is 5.02 Å². The molecule has 4 heterocycles. The van der Waals surface area contributed by atoms with E-state index in [1.54, 1.807) is 9.80 Å². The Morgan fingerprint density at radius 1 is 0.925 bits per heavy atom. The molecule has 2 aromatic rings. The maximum Gasteiger partial charge on any atom is 0.418 e. The molecular formula is C36H45ClF3N7O6. The number of ether oxygens (including phenoxy) is 1. The van der Waals surface area contributed by atoms with Crippen molar-refractivity contribution in [1.29, 1.82) is 0 Å². The molecule has 0 aromatic heterocycles. The maximum absolute atomic E-state index is 14.0. The molecule has 0 radical (unpaired) electrons. The minimum atomic E-state index is -4.79. The quantitative estimate of drug-likeness (QED) is 0.336. The number of carboxylic acid groups (broad SMARTS) is 1. The molecule has 6 rings (SSSR count). The number of halogens is 4. The molecule has 1 unspecified atom stereocenters. The second-order valence-corrected chi connectivity index (χ2v) is 14.5. The molecule has 0 aliphatic carbocycles. The van der Waals surface area contributed by atoms with Gasteiger partial charge in [0.15, 0.2) is 6.10 Å². The summed E-state index contributed by atoms with van der Waals surface area (Å²) in [5.41, 5.74) is 5.75. The van der Waals surface area contributed by atoms with Crippen molar-refractivity contribution in [2.75, 3.05) is 76.5 Å². The molecule has 53 heavy (non-hydrogen) atoms. The Balaban J connectivity index is 1.10. The van der Waals surface area contributed by atoms with Crippen LogP contribution in [0, 0.1) is 0 Å². The third kappa shape index (κ3) is 9.27. The maximum atomic E-state index is 14.0. The Kier molecular flexibility index (Phi) is 11.9. The molecule has 0 saturated carbocycles. The van der Waals surface area contributed by atoms with Crippen molar-refractivity contribution in [2.45, 2.75) is 62.9 Å². The fourth-order valence-electron chi connectivity index (χ4n) is 7.86. The van der Waals surface area contributed by atoms with Crippen LogP contribution >= 0.6 is 11.6 Å². The highest BCUT2D eigenvalue weighted by Crippen LogP contribution is 2.38. The number of nitrogen functional groups attached to an aromatic ring is 1. The number of carboxylic acids is 1. The third-order valence-corrected chi connectivity index (χ3v) is 11.1. The van der Waals surface area contributed by atoms with E-state index in [1.807, 2.05) is 29.2 Å². The number of piperidine rings is 2. The summed E-state index contributed by atoms with van der Waals surface area (Å²) in [5.74, 6) is -1.38. The lowest BCUT2D eigenvalue weighted by molar-refractivity contribution is -0.143. The predicted octanol–water partition coefficient (Wildman–Crippen LogP) is 4.24. The zero-order valence-corrected chi connectivity index (χ0v) is 30.1. The van der Waals surface area contributed by atoms with Crippen LogP contribution in [0.25, 0.3) is 0 Å². The SMILES string of the molecule is Nc1c(Cl)cc(CC(OC(=O)N2CCC(N3CCc4ccccc4NC3=O)CC2)C(=O)N2CCN(C3CCN(CC(=O)O)CC3)CC2)cc1C(F)(F)F. The van der Waals surface area contributed by atoms with E-state index in [-0.39, 0.29) is 54.8 Å². The van der Waals surface area contributed by atoms with Gasteiger partial charge in [0, 0.05) is 83.1 Å². The van der Waals surface area contributed by atoms with Gasteiger partial charge in [-0.05, 0) is 61.4 Å². The first-order chi connectivity index (χ1) is 25.3. The van der Waals surface area contributed by atoms with Gasteiger partial charge in [0.05, 0.1) is 22.8 Å². The zero-order chi connectivity index (χ0) is 37.9. The second kappa shape index (κ2) is 16.4. The van der Waals surface area contributed by atoms with Gasteiger partial charge in [-0.3, -0.25) is 19.4 Å². The number of hydrogen-bond donors (Lipinski definition) is 3. The number of anilines is 2. The van der Waals surface area contributed by atoms with Crippen molar-refractivity contribution >= 4 is 47.0 Å². The van der Waals surface area contributed by atoms with Crippen LogP contribution < -0.4 is 11.1 Å². The molecule has 4 N–H and O–H groups in total. The molecule has 4 amide bonds. The number of amides is 4. The molecule has 17 heteroatoms. The smallest absolute Gasteiger partial charge is 0.418 e. The van der Waals surface area contributed by atoms with Gasteiger partial charge >= 0.3 is 24.3 Å². The van der Waals surface area contributed by atoms with Crippen LogP contribution in [0.1, 0.15) is 42.4 Å². The average molecular weight is 764 g/mol. The number of para-hydroxylation sites is 1. The Bertz CT molecular complexity index is 1680. The van der Waals surface area contributed by atoms with Crippen molar-refractivity contribution < 1.29 is 42.2 Å².